The summed E-state index contributed by atoms with van der Waals surface area (Å²) in [6.07, 6.45) is 1.89. The Labute approximate surface area is 179 Å². The van der Waals surface area contributed by atoms with Gasteiger partial charge in [-0.1, -0.05) is 30.3 Å². The second kappa shape index (κ2) is 9.36. The minimum absolute atomic E-state index is 0. The highest BCUT2D eigenvalue weighted by molar-refractivity contribution is 5.83. The van der Waals surface area contributed by atoms with Crippen LogP contribution in [0.1, 0.15) is 30.1 Å². The third-order valence-electron chi connectivity index (χ3n) is 5.57. The summed E-state index contributed by atoms with van der Waals surface area (Å²) >= 11 is 0. The Kier molecular flexibility index (Phi) is 6.84. The van der Waals surface area contributed by atoms with Crippen molar-refractivity contribution in [3.63, 3.8) is 0 Å². The van der Waals surface area contributed by atoms with Crippen LogP contribution in [0.3, 0.4) is 0 Å². The molecule has 6 nitrogen and oxygen atoms in total. The Morgan fingerprint density at radius 2 is 1.70 bits per heavy atom. The summed E-state index contributed by atoms with van der Waals surface area (Å²) in [4.78, 5) is 26.8. The minimum Gasteiger partial charge on any atom is -1.00 e. The number of rotatable bonds is 4. The van der Waals surface area contributed by atoms with Crippen LogP contribution in [0.15, 0.2) is 53.3 Å². The number of halogens is 2. The molecule has 8 heteroatoms. The molecule has 3 N–H and O–H groups in total. The molecular formula is C22H24ClFN4O2. The summed E-state index contributed by atoms with van der Waals surface area (Å²) in [5.41, 5.74) is 5.28. The summed E-state index contributed by atoms with van der Waals surface area (Å²) in [5, 5.41) is 6.18. The topological polar surface area (TPSA) is 82.8 Å². The van der Waals surface area contributed by atoms with Crippen molar-refractivity contribution in [2.75, 3.05) is 19.6 Å². The van der Waals surface area contributed by atoms with E-state index in [0.29, 0.717) is 37.7 Å². The Morgan fingerprint density at radius 3 is 2.33 bits per heavy atom. The van der Waals surface area contributed by atoms with Crippen molar-refractivity contribution < 1.29 is 27.3 Å². The van der Waals surface area contributed by atoms with Gasteiger partial charge < -0.3 is 23.0 Å². The SMILES string of the molecule is [Cl-].[NH3+]CC(=O)N1CCC(n2nc(Cc3ccc(F)cc3)c3ccccc3c2=O)CC1. The highest BCUT2D eigenvalue weighted by Gasteiger charge is 2.26. The van der Waals surface area contributed by atoms with Gasteiger partial charge in [0.2, 0.25) is 0 Å². The molecule has 0 atom stereocenters. The normalized spacial score (nSPS) is 14.5. The van der Waals surface area contributed by atoms with Crippen molar-refractivity contribution in [3.05, 3.63) is 76.0 Å². The number of quaternary nitrogens is 1. The lowest BCUT2D eigenvalue weighted by molar-refractivity contribution is -0.357. The molecule has 0 unspecified atom stereocenters. The number of piperidine rings is 1. The zero-order valence-corrected chi connectivity index (χ0v) is 17.3. The summed E-state index contributed by atoms with van der Waals surface area (Å²) in [7, 11) is 0. The van der Waals surface area contributed by atoms with Gasteiger partial charge in [-0.05, 0) is 36.6 Å². The third-order valence-corrected chi connectivity index (χ3v) is 5.57. The molecule has 1 aliphatic rings. The minimum atomic E-state index is -0.278. The molecule has 4 rings (SSSR count). The third kappa shape index (κ3) is 4.37. The molecule has 2 heterocycles. The number of hydrogen-bond acceptors (Lipinski definition) is 3. The van der Waals surface area contributed by atoms with Gasteiger partial charge in [0.15, 0.2) is 6.54 Å². The van der Waals surface area contributed by atoms with Crippen LogP contribution in [0, 0.1) is 5.82 Å². The van der Waals surface area contributed by atoms with Crippen LogP contribution in [-0.4, -0.2) is 40.2 Å². The fourth-order valence-electron chi connectivity index (χ4n) is 3.97. The number of aromatic nitrogens is 2. The number of nitrogens with zero attached hydrogens (tertiary/aromatic N) is 3. The molecule has 0 bridgehead atoms. The van der Waals surface area contributed by atoms with Gasteiger partial charge in [0.25, 0.3) is 11.5 Å². The molecule has 0 saturated carbocycles. The van der Waals surface area contributed by atoms with Gasteiger partial charge in [-0.25, -0.2) is 9.07 Å². The number of carbonyl (C=O) groups excluding carboxylic acids is 1. The molecule has 158 valence electrons. The molecular weight excluding hydrogens is 407 g/mol. The molecule has 30 heavy (non-hydrogen) atoms. The van der Waals surface area contributed by atoms with E-state index >= 15 is 0 Å². The van der Waals surface area contributed by atoms with Crippen LogP contribution in [0.2, 0.25) is 0 Å². The average molecular weight is 431 g/mol. The van der Waals surface area contributed by atoms with Gasteiger partial charge >= 0.3 is 0 Å². The van der Waals surface area contributed by atoms with Gasteiger partial charge in [-0.3, -0.25) is 9.59 Å². The van der Waals surface area contributed by atoms with Crippen LogP contribution >= 0.6 is 0 Å². The first kappa shape index (κ1) is 21.9. The number of likely N-dealkylation sites (tertiary alicyclic amines) is 1. The van der Waals surface area contributed by atoms with E-state index in [2.05, 4.69) is 5.73 Å². The second-order valence-corrected chi connectivity index (χ2v) is 7.41. The molecule has 1 aromatic heterocycles. The van der Waals surface area contributed by atoms with Crippen molar-refractivity contribution in [2.45, 2.75) is 25.3 Å². The lowest BCUT2D eigenvalue weighted by Crippen LogP contribution is -3.00. The van der Waals surface area contributed by atoms with E-state index < -0.39 is 0 Å². The summed E-state index contributed by atoms with van der Waals surface area (Å²) < 4.78 is 14.8. The van der Waals surface area contributed by atoms with Crippen LogP contribution in [0.25, 0.3) is 10.8 Å². The number of carbonyl (C=O) groups is 1. The predicted molar refractivity (Wildman–Crippen MR) is 108 cm³/mol. The zero-order chi connectivity index (χ0) is 20.4. The molecule has 1 fully saturated rings. The predicted octanol–water partition coefficient (Wildman–Crippen LogP) is -1.46. The van der Waals surface area contributed by atoms with E-state index in [1.54, 1.807) is 21.7 Å². The number of hydrogen-bond donors (Lipinski definition) is 1. The van der Waals surface area contributed by atoms with Gasteiger partial charge in [-0.15, -0.1) is 0 Å². The molecule has 0 radical (unpaired) electrons. The monoisotopic (exact) mass is 430 g/mol. The van der Waals surface area contributed by atoms with Gasteiger partial charge in [-0.2, -0.15) is 5.10 Å². The average Bonchev–Trinajstić information content (AvgIpc) is 2.77. The van der Waals surface area contributed by atoms with E-state index in [0.717, 1.165) is 16.6 Å². The van der Waals surface area contributed by atoms with Gasteiger partial charge in [0, 0.05) is 24.9 Å². The van der Waals surface area contributed by atoms with Gasteiger partial charge in [0.1, 0.15) is 5.82 Å². The van der Waals surface area contributed by atoms with Crippen LogP contribution in [0.5, 0.6) is 0 Å². The van der Waals surface area contributed by atoms with E-state index in [-0.39, 0.29) is 42.3 Å². The van der Waals surface area contributed by atoms with Crippen molar-refractivity contribution in [1.29, 1.82) is 0 Å². The summed E-state index contributed by atoms with van der Waals surface area (Å²) in [6.45, 7) is 1.46. The highest BCUT2D eigenvalue weighted by atomic mass is 35.5. The molecule has 3 aromatic rings. The molecule has 0 spiro atoms. The largest absolute Gasteiger partial charge is 1.00 e. The van der Waals surface area contributed by atoms with Gasteiger partial charge in [0.05, 0.1) is 17.1 Å². The van der Waals surface area contributed by atoms with Crippen molar-refractivity contribution in [2.24, 2.45) is 0 Å². The smallest absolute Gasteiger partial charge is 0.277 e. The van der Waals surface area contributed by atoms with Crippen LogP contribution in [0.4, 0.5) is 4.39 Å². The quantitative estimate of drug-likeness (QED) is 0.549. The summed E-state index contributed by atoms with van der Waals surface area (Å²) in [5.74, 6) is -0.237. The fraction of sp³-hybridized carbons (Fsp3) is 0.318. The first-order chi connectivity index (χ1) is 14.1. The maximum Gasteiger partial charge on any atom is 0.277 e. The second-order valence-electron chi connectivity index (χ2n) is 7.41. The first-order valence-electron chi connectivity index (χ1n) is 9.88. The van der Waals surface area contributed by atoms with Crippen LogP contribution in [-0.2, 0) is 11.2 Å². The molecule has 1 aliphatic heterocycles. The maximum absolute atomic E-state index is 13.3. The molecule has 2 aromatic carbocycles. The molecule has 0 aliphatic carbocycles. The van der Waals surface area contributed by atoms with E-state index in [4.69, 9.17) is 5.10 Å². The Hall–Kier alpha value is -2.77. The van der Waals surface area contributed by atoms with Crippen molar-refractivity contribution >= 4 is 16.7 Å². The van der Waals surface area contributed by atoms with E-state index in [1.165, 1.54) is 12.1 Å². The highest BCUT2D eigenvalue weighted by Crippen LogP contribution is 2.23. The van der Waals surface area contributed by atoms with Crippen molar-refractivity contribution in [3.8, 4) is 0 Å². The lowest BCUT2D eigenvalue weighted by Gasteiger charge is -2.31. The first-order valence-corrected chi connectivity index (χ1v) is 9.88. The van der Waals surface area contributed by atoms with Crippen LogP contribution < -0.4 is 23.7 Å². The number of fused-ring (bicyclic) bond motifs is 1. The maximum atomic E-state index is 13.3. The Morgan fingerprint density at radius 1 is 1.07 bits per heavy atom. The zero-order valence-electron chi connectivity index (χ0n) is 16.6. The standard InChI is InChI=1S/C22H23FN4O2.ClH/c23-16-7-5-15(6-8-16)13-20-18-3-1-2-4-19(18)22(29)27(25-20)17-9-11-26(12-10-17)21(28)14-24;/h1-8,17H,9-14,24H2;1H. The fourth-order valence-corrected chi connectivity index (χ4v) is 3.97. The van der Waals surface area contributed by atoms with E-state index in [9.17, 15) is 14.0 Å². The Bertz CT molecular complexity index is 1090. The summed E-state index contributed by atoms with van der Waals surface area (Å²) in [6, 6.07) is 13.8. The van der Waals surface area contributed by atoms with Crippen molar-refractivity contribution in [1.82, 2.24) is 14.7 Å². The number of amides is 1. The Balaban J connectivity index is 0.00000256. The lowest BCUT2D eigenvalue weighted by atomic mass is 10.0. The molecule has 1 saturated heterocycles. The van der Waals surface area contributed by atoms with E-state index in [1.807, 2.05) is 24.3 Å². The number of benzene rings is 2. The molecule has 1 amide bonds.